The van der Waals surface area contributed by atoms with Crippen LogP contribution in [0.2, 0.25) is 0 Å². The third-order valence-electron chi connectivity index (χ3n) is 1.95. The lowest BCUT2D eigenvalue weighted by atomic mass is 10.0. The average molecular weight is 165 g/mol. The third-order valence-corrected chi connectivity index (χ3v) is 1.95. The third kappa shape index (κ3) is 7.59. The van der Waals surface area contributed by atoms with Crippen molar-refractivity contribution in [1.82, 2.24) is 0 Å². The lowest BCUT2D eigenvalue weighted by Gasteiger charge is -2.04. The van der Waals surface area contributed by atoms with Crippen LogP contribution < -0.4 is 0 Å². The predicted molar refractivity (Wildman–Crippen MR) is 56.9 cm³/mol. The summed E-state index contributed by atoms with van der Waals surface area (Å²) in [5.41, 5.74) is 1.29. The van der Waals surface area contributed by atoms with Crippen LogP contribution in [0.25, 0.3) is 0 Å². The smallest absolute Gasteiger partial charge is 0.0262 e. The summed E-state index contributed by atoms with van der Waals surface area (Å²) in [6.45, 7) is 11.9. The first kappa shape index (κ1) is 11.5. The van der Waals surface area contributed by atoms with Crippen LogP contribution in [-0.2, 0) is 0 Å². The highest BCUT2D eigenvalue weighted by molar-refractivity contribution is 4.88. The molecule has 0 aromatic heterocycles. The van der Waals surface area contributed by atoms with E-state index < -0.39 is 0 Å². The predicted octanol–water partition coefficient (Wildman–Crippen LogP) is 4.15. The van der Waals surface area contributed by atoms with Crippen LogP contribution >= 0.6 is 0 Å². The molecule has 0 aromatic carbocycles. The Kier molecular flexibility index (Phi) is 6.84. The quantitative estimate of drug-likeness (QED) is 0.392. The Morgan fingerprint density at radius 3 is 2.67 bits per heavy atom. The van der Waals surface area contributed by atoms with Crippen LogP contribution in [0.1, 0.15) is 39.5 Å². The van der Waals surface area contributed by atoms with E-state index in [9.17, 15) is 0 Å². The van der Waals surface area contributed by atoms with Gasteiger partial charge in [0.15, 0.2) is 0 Å². The van der Waals surface area contributed by atoms with Gasteiger partial charge in [0.1, 0.15) is 0 Å². The molecule has 0 amide bonds. The van der Waals surface area contributed by atoms with E-state index in [1.54, 1.807) is 0 Å². The van der Waals surface area contributed by atoms with Gasteiger partial charge in [-0.05, 0) is 44.9 Å². The van der Waals surface area contributed by atoms with Crippen molar-refractivity contribution in [3.05, 3.63) is 31.2 Å². The van der Waals surface area contributed by atoms with Crippen molar-refractivity contribution in [2.75, 3.05) is 0 Å². The van der Waals surface area contributed by atoms with Gasteiger partial charge in [-0.3, -0.25) is 0 Å². The van der Waals surface area contributed by atoms with E-state index in [0.29, 0.717) is 5.92 Å². The summed E-state index contributed by atoms with van der Waals surface area (Å²) in [7, 11) is 0. The van der Waals surface area contributed by atoms with Gasteiger partial charge in [-0.1, -0.05) is 18.6 Å². The van der Waals surface area contributed by atoms with Crippen molar-refractivity contribution in [2.24, 2.45) is 5.92 Å². The minimum absolute atomic E-state index is 0.634. The standard InChI is InChI=1S/C12H21/c1-5-12(4)10-8-6-7-9-11(2)3/h5,8,12H,1-2,6-7,9-10H2,3-4H3. The van der Waals surface area contributed by atoms with Crippen LogP contribution in [0.3, 0.4) is 0 Å². The van der Waals surface area contributed by atoms with Crippen LogP contribution in [0.5, 0.6) is 0 Å². The van der Waals surface area contributed by atoms with Crippen LogP contribution in [-0.4, -0.2) is 0 Å². The summed E-state index contributed by atoms with van der Waals surface area (Å²) < 4.78 is 0. The molecule has 0 aliphatic rings. The Balaban J connectivity index is 3.10. The Morgan fingerprint density at radius 1 is 1.50 bits per heavy atom. The van der Waals surface area contributed by atoms with Gasteiger partial charge in [-0.2, -0.15) is 0 Å². The van der Waals surface area contributed by atoms with Crippen molar-refractivity contribution in [3.8, 4) is 0 Å². The molecule has 12 heavy (non-hydrogen) atoms. The van der Waals surface area contributed by atoms with E-state index in [-0.39, 0.29) is 0 Å². The number of rotatable bonds is 7. The van der Waals surface area contributed by atoms with Gasteiger partial charge < -0.3 is 0 Å². The summed E-state index contributed by atoms with van der Waals surface area (Å²) in [5, 5.41) is 0. The van der Waals surface area contributed by atoms with Crippen molar-refractivity contribution in [2.45, 2.75) is 39.5 Å². The number of hydrogen-bond donors (Lipinski definition) is 0. The van der Waals surface area contributed by atoms with Crippen LogP contribution in [0.4, 0.5) is 0 Å². The molecule has 0 aliphatic heterocycles. The summed E-state index contributed by atoms with van der Waals surface area (Å²) >= 11 is 0. The summed E-state index contributed by atoms with van der Waals surface area (Å²) in [4.78, 5) is 0. The number of allylic oxidation sites excluding steroid dienone is 2. The largest absolute Gasteiger partial charge is 0.103 e. The SMILES string of the molecule is C=CC(C)C[CH]CCCC(=C)C. The molecule has 0 heterocycles. The molecule has 0 spiro atoms. The van der Waals surface area contributed by atoms with Gasteiger partial charge in [0, 0.05) is 0 Å². The van der Waals surface area contributed by atoms with E-state index in [1.165, 1.54) is 31.3 Å². The summed E-state index contributed by atoms with van der Waals surface area (Å²) in [5.74, 6) is 0.634. The highest BCUT2D eigenvalue weighted by atomic mass is 14.0. The zero-order valence-electron chi connectivity index (χ0n) is 8.47. The molecule has 1 atom stereocenters. The van der Waals surface area contributed by atoms with E-state index >= 15 is 0 Å². The Morgan fingerprint density at radius 2 is 2.17 bits per heavy atom. The molecule has 0 saturated heterocycles. The molecule has 69 valence electrons. The highest BCUT2D eigenvalue weighted by Gasteiger charge is 1.95. The normalized spacial score (nSPS) is 12.5. The van der Waals surface area contributed by atoms with Gasteiger partial charge in [0.2, 0.25) is 0 Å². The summed E-state index contributed by atoms with van der Waals surface area (Å²) in [6, 6.07) is 0. The van der Waals surface area contributed by atoms with Crippen molar-refractivity contribution in [1.29, 1.82) is 0 Å². The summed E-state index contributed by atoms with van der Waals surface area (Å²) in [6.07, 6.45) is 9.16. The number of unbranched alkanes of at least 4 members (excludes halogenated alkanes) is 2. The molecule has 0 aromatic rings. The molecular formula is C12H21. The van der Waals surface area contributed by atoms with E-state index in [1.807, 2.05) is 6.08 Å². The van der Waals surface area contributed by atoms with Crippen molar-refractivity contribution >= 4 is 0 Å². The van der Waals surface area contributed by atoms with Crippen LogP contribution in [0, 0.1) is 12.3 Å². The molecule has 0 aliphatic carbocycles. The first-order chi connectivity index (χ1) is 5.66. The molecule has 0 N–H and O–H groups in total. The lowest BCUT2D eigenvalue weighted by molar-refractivity contribution is 0.666. The molecule has 0 rings (SSSR count). The minimum Gasteiger partial charge on any atom is -0.103 e. The van der Waals surface area contributed by atoms with E-state index in [4.69, 9.17) is 0 Å². The molecule has 0 saturated carbocycles. The Labute approximate surface area is 77.4 Å². The van der Waals surface area contributed by atoms with Gasteiger partial charge in [-0.15, -0.1) is 13.2 Å². The average Bonchev–Trinajstić information content (AvgIpc) is 2.03. The fourth-order valence-electron chi connectivity index (χ4n) is 1.03. The topological polar surface area (TPSA) is 0 Å². The lowest BCUT2D eigenvalue weighted by Crippen LogP contribution is -1.89. The van der Waals surface area contributed by atoms with Crippen molar-refractivity contribution < 1.29 is 0 Å². The van der Waals surface area contributed by atoms with Gasteiger partial charge in [0.05, 0.1) is 0 Å². The number of hydrogen-bond acceptors (Lipinski definition) is 0. The molecule has 0 heteroatoms. The minimum atomic E-state index is 0.634. The second-order valence-corrected chi connectivity index (χ2v) is 3.59. The zero-order chi connectivity index (χ0) is 9.40. The maximum Gasteiger partial charge on any atom is -0.0262 e. The van der Waals surface area contributed by atoms with Gasteiger partial charge >= 0.3 is 0 Å². The zero-order valence-corrected chi connectivity index (χ0v) is 8.47. The van der Waals surface area contributed by atoms with E-state index in [0.717, 1.165) is 0 Å². The maximum absolute atomic E-state index is 3.87. The van der Waals surface area contributed by atoms with E-state index in [2.05, 4.69) is 33.4 Å². The second kappa shape index (κ2) is 7.15. The molecule has 0 bridgehead atoms. The molecule has 1 unspecified atom stereocenters. The molecule has 1 radical (unpaired) electrons. The monoisotopic (exact) mass is 165 g/mol. The Bertz CT molecular complexity index is 133. The molecule has 0 fully saturated rings. The van der Waals surface area contributed by atoms with Gasteiger partial charge in [-0.25, -0.2) is 0 Å². The first-order valence-electron chi connectivity index (χ1n) is 4.75. The van der Waals surface area contributed by atoms with Crippen LogP contribution in [0.15, 0.2) is 24.8 Å². The highest BCUT2D eigenvalue weighted by Crippen LogP contribution is 2.11. The fourth-order valence-corrected chi connectivity index (χ4v) is 1.03. The maximum atomic E-state index is 3.87. The van der Waals surface area contributed by atoms with Crippen molar-refractivity contribution in [3.63, 3.8) is 0 Å². The van der Waals surface area contributed by atoms with Gasteiger partial charge in [0.25, 0.3) is 0 Å². The Hall–Kier alpha value is -0.520. The molecular weight excluding hydrogens is 144 g/mol. The fraction of sp³-hybridized carbons (Fsp3) is 0.583. The molecule has 0 nitrogen and oxygen atoms in total. The first-order valence-corrected chi connectivity index (χ1v) is 4.75. The second-order valence-electron chi connectivity index (χ2n) is 3.59.